The average Bonchev–Trinajstić information content (AvgIpc) is 3.34. The Morgan fingerprint density at radius 2 is 1.97 bits per heavy atom. The van der Waals surface area contributed by atoms with Crippen LogP contribution in [0.4, 0.5) is 15.1 Å². The zero-order valence-electron chi connectivity index (χ0n) is 17.0. The molecule has 1 atom stereocenters. The summed E-state index contributed by atoms with van der Waals surface area (Å²) in [4.78, 5) is 14.6. The number of nitrogens with zero attached hydrogens (tertiary/aromatic N) is 2. The molecule has 0 bridgehead atoms. The molecule has 4 rings (SSSR count). The summed E-state index contributed by atoms with van der Waals surface area (Å²) in [6.45, 7) is 1.64. The fraction of sp³-hybridized carbons (Fsp3) is 0.100. The van der Waals surface area contributed by atoms with Gasteiger partial charge in [-0.15, -0.1) is 11.3 Å². The Kier molecular flexibility index (Phi) is 5.82. The minimum absolute atomic E-state index is 0.0952. The maximum Gasteiger partial charge on any atom is 0.357 e. The van der Waals surface area contributed by atoms with Gasteiger partial charge in [0.25, 0.3) is 11.3 Å². The van der Waals surface area contributed by atoms with Crippen LogP contribution in [0.2, 0.25) is 0 Å². The average molecular weight is 511 g/mol. The summed E-state index contributed by atoms with van der Waals surface area (Å²) in [5, 5.41) is 9.82. The first-order valence-electron chi connectivity index (χ1n) is 9.10. The van der Waals surface area contributed by atoms with Crippen LogP contribution in [0.5, 0.6) is 0 Å². The number of fused-ring (bicyclic) bond motifs is 1. The summed E-state index contributed by atoms with van der Waals surface area (Å²) < 4.78 is 68.2. The number of halogens is 1. The molecule has 0 spiro atoms. The van der Waals surface area contributed by atoms with Crippen molar-refractivity contribution in [3.05, 3.63) is 59.7 Å². The highest BCUT2D eigenvalue weighted by Crippen LogP contribution is 2.44. The van der Waals surface area contributed by atoms with E-state index in [9.17, 15) is 26.4 Å². The first kappa shape index (κ1) is 23.0. The van der Waals surface area contributed by atoms with E-state index in [0.717, 1.165) is 28.2 Å². The highest BCUT2D eigenvalue weighted by Gasteiger charge is 2.28. The van der Waals surface area contributed by atoms with Crippen LogP contribution in [-0.2, 0) is 21.1 Å². The summed E-state index contributed by atoms with van der Waals surface area (Å²) in [6.07, 6.45) is 1.85. The van der Waals surface area contributed by atoms with E-state index in [1.54, 1.807) is 6.92 Å². The third kappa shape index (κ3) is 4.27. The van der Waals surface area contributed by atoms with Gasteiger partial charge in [0.05, 0.1) is 10.6 Å². The van der Waals surface area contributed by atoms with E-state index >= 15 is 0 Å². The number of aromatic carboxylic acids is 1. The van der Waals surface area contributed by atoms with Crippen LogP contribution in [0.1, 0.15) is 16.1 Å². The summed E-state index contributed by atoms with van der Waals surface area (Å²) in [6, 6.07) is 7.98. The van der Waals surface area contributed by atoms with E-state index in [1.807, 2.05) is 0 Å². The fourth-order valence-electron chi connectivity index (χ4n) is 3.25. The molecule has 2 aromatic heterocycles. The third-order valence-corrected chi connectivity index (χ3v) is 7.95. The quantitative estimate of drug-likeness (QED) is 0.365. The minimum Gasteiger partial charge on any atom is -0.476 e. The Balaban J connectivity index is 1.92. The van der Waals surface area contributed by atoms with Crippen molar-refractivity contribution >= 4 is 59.2 Å². The van der Waals surface area contributed by atoms with Crippen molar-refractivity contribution < 1.29 is 35.9 Å². The highest BCUT2D eigenvalue weighted by atomic mass is 32.2. The van der Waals surface area contributed by atoms with Crippen LogP contribution in [0.15, 0.2) is 52.0 Å². The van der Waals surface area contributed by atoms with Crippen molar-refractivity contribution in [1.82, 2.24) is 4.98 Å². The molecule has 0 fully saturated rings. The van der Waals surface area contributed by atoms with Gasteiger partial charge in [-0.05, 0) is 48.9 Å². The molecule has 4 aromatic rings. The van der Waals surface area contributed by atoms with Gasteiger partial charge < -0.3 is 9.52 Å². The van der Waals surface area contributed by atoms with Crippen LogP contribution < -0.4 is 4.31 Å². The van der Waals surface area contributed by atoms with Crippen LogP contribution in [0.25, 0.3) is 21.5 Å². The molecule has 1 unspecified atom stereocenters. The lowest BCUT2D eigenvalue weighted by Crippen LogP contribution is -2.21. The predicted molar refractivity (Wildman–Crippen MR) is 121 cm³/mol. The maximum absolute atomic E-state index is 13.7. The van der Waals surface area contributed by atoms with Crippen molar-refractivity contribution in [1.29, 1.82) is 0 Å². The van der Waals surface area contributed by atoms with Gasteiger partial charge in [0.2, 0.25) is 5.89 Å². The number of hydrogen-bond acceptors (Lipinski definition) is 7. The van der Waals surface area contributed by atoms with E-state index in [1.165, 1.54) is 36.4 Å². The minimum atomic E-state index is -3.94. The van der Waals surface area contributed by atoms with Gasteiger partial charge in [-0.1, -0.05) is 0 Å². The fourth-order valence-corrected chi connectivity index (χ4v) is 6.21. The maximum atomic E-state index is 13.7. The molecular formula is C20H15FN2O7S3. The van der Waals surface area contributed by atoms with Gasteiger partial charge >= 0.3 is 5.97 Å². The second kappa shape index (κ2) is 8.33. The highest BCUT2D eigenvalue weighted by molar-refractivity contribution is 7.91. The van der Waals surface area contributed by atoms with Crippen molar-refractivity contribution in [3.63, 3.8) is 0 Å². The predicted octanol–water partition coefficient (Wildman–Crippen LogP) is 4.38. The van der Waals surface area contributed by atoms with E-state index in [2.05, 4.69) is 4.98 Å². The number of aryl methyl sites for hydroxylation is 1. The van der Waals surface area contributed by atoms with Crippen molar-refractivity contribution in [2.45, 2.75) is 11.8 Å². The van der Waals surface area contributed by atoms with Gasteiger partial charge in [0, 0.05) is 21.9 Å². The summed E-state index contributed by atoms with van der Waals surface area (Å²) >= 11 is -1.57. The number of oxazole rings is 1. The molecule has 0 saturated carbocycles. The summed E-state index contributed by atoms with van der Waals surface area (Å²) in [5.41, 5.74) is 0.202. The second-order valence-corrected chi connectivity index (χ2v) is 10.8. The molecule has 0 aliphatic heterocycles. The largest absolute Gasteiger partial charge is 0.476 e. The second-order valence-electron chi connectivity index (χ2n) is 7.00. The molecule has 0 saturated heterocycles. The number of hydrogen-bond donors (Lipinski definition) is 2. The Morgan fingerprint density at radius 1 is 1.24 bits per heavy atom. The van der Waals surface area contributed by atoms with Crippen LogP contribution in [0.3, 0.4) is 0 Å². The summed E-state index contributed by atoms with van der Waals surface area (Å²) in [7, 11) is -3.94. The monoisotopic (exact) mass is 510 g/mol. The van der Waals surface area contributed by atoms with E-state index < -0.39 is 32.9 Å². The van der Waals surface area contributed by atoms with Gasteiger partial charge in [0.15, 0.2) is 15.5 Å². The third-order valence-electron chi connectivity index (χ3n) is 4.76. The van der Waals surface area contributed by atoms with E-state index in [4.69, 9.17) is 9.52 Å². The van der Waals surface area contributed by atoms with Crippen molar-refractivity contribution in [3.8, 4) is 11.5 Å². The van der Waals surface area contributed by atoms with Gasteiger partial charge in [-0.2, -0.15) is 0 Å². The van der Waals surface area contributed by atoms with E-state index in [-0.39, 0.29) is 32.7 Å². The molecular weight excluding hydrogens is 495 g/mol. The number of aromatic nitrogens is 1. The standard InChI is InChI=1S/C20H15FN2O7S3/c1-10-13-8-12(21)4-6-16(13)31-19(10)23(32(26)27)15-5-3-11(7-17(15)33(2,28)29)18-22-14(9-30-18)20(24)25/h3-9H,1-2H3,(H,24,25)(H,26,27). The SMILES string of the molecule is Cc1c(N(c2ccc(-c3nc(C(=O)O)co3)cc2S(C)(=O)=O)S(=O)O)sc2ccc(F)cc12. The molecule has 0 amide bonds. The molecule has 2 N–H and O–H groups in total. The lowest BCUT2D eigenvalue weighted by Gasteiger charge is -2.22. The number of benzene rings is 2. The smallest absolute Gasteiger partial charge is 0.357 e. The Bertz CT molecular complexity index is 1540. The van der Waals surface area contributed by atoms with Gasteiger partial charge in [-0.3, -0.25) is 4.55 Å². The van der Waals surface area contributed by atoms with Crippen molar-refractivity contribution in [2.75, 3.05) is 10.6 Å². The zero-order chi connectivity index (χ0) is 24.1. The summed E-state index contributed by atoms with van der Waals surface area (Å²) in [5.74, 6) is -1.92. The lowest BCUT2D eigenvalue weighted by molar-refractivity contribution is 0.0690. The Morgan fingerprint density at radius 3 is 2.58 bits per heavy atom. The molecule has 2 heterocycles. The number of carbonyl (C=O) groups is 1. The molecule has 9 nitrogen and oxygen atoms in total. The zero-order valence-corrected chi connectivity index (χ0v) is 19.4. The van der Waals surface area contributed by atoms with Gasteiger partial charge in [-0.25, -0.2) is 31.1 Å². The molecule has 33 heavy (non-hydrogen) atoms. The molecule has 13 heteroatoms. The number of sulfone groups is 1. The number of carboxylic acid groups (broad SMARTS) is 1. The molecule has 172 valence electrons. The first-order valence-corrected chi connectivity index (χ1v) is 12.9. The van der Waals surface area contributed by atoms with E-state index in [0.29, 0.717) is 15.6 Å². The first-order chi connectivity index (χ1) is 15.5. The number of rotatable bonds is 6. The number of carboxylic acids is 1. The topological polar surface area (TPSA) is 138 Å². The molecule has 0 aliphatic carbocycles. The normalized spacial score (nSPS) is 12.7. The van der Waals surface area contributed by atoms with Crippen LogP contribution in [0, 0.1) is 12.7 Å². The number of thiophene rings is 1. The van der Waals surface area contributed by atoms with Gasteiger partial charge in [0.1, 0.15) is 17.1 Å². The Hall–Kier alpha value is -3.13. The molecule has 0 aliphatic rings. The molecule has 2 aromatic carbocycles. The number of anilines is 2. The lowest BCUT2D eigenvalue weighted by atomic mass is 10.1. The Labute approximate surface area is 193 Å². The van der Waals surface area contributed by atoms with Crippen LogP contribution >= 0.6 is 11.3 Å². The van der Waals surface area contributed by atoms with Crippen molar-refractivity contribution in [2.24, 2.45) is 0 Å². The molecule has 0 radical (unpaired) electrons. The van der Waals surface area contributed by atoms with Crippen LogP contribution in [-0.4, -0.2) is 39.5 Å².